The highest BCUT2D eigenvalue weighted by Gasteiger charge is 2.25. The van der Waals surface area contributed by atoms with Crippen LogP contribution in [0.15, 0.2) is 0 Å². The summed E-state index contributed by atoms with van der Waals surface area (Å²) in [6.07, 6.45) is -1.22. The number of ether oxygens (including phenoxy) is 1. The molecule has 8 nitrogen and oxygen atoms in total. The van der Waals surface area contributed by atoms with Crippen molar-refractivity contribution in [3.8, 4) is 0 Å². The Labute approximate surface area is 117 Å². The van der Waals surface area contributed by atoms with Crippen molar-refractivity contribution in [1.29, 1.82) is 0 Å². The van der Waals surface area contributed by atoms with E-state index in [9.17, 15) is 19.5 Å². The second kappa shape index (κ2) is 7.09. The molecule has 1 unspecified atom stereocenters. The molecule has 0 rings (SSSR count). The third-order valence-electron chi connectivity index (χ3n) is 1.99. The lowest BCUT2D eigenvalue weighted by atomic mass is 10.0. The molecule has 0 saturated carbocycles. The Kier molecular flexibility index (Phi) is 6.44. The monoisotopic (exact) mass is 290 g/mol. The predicted molar refractivity (Wildman–Crippen MR) is 70.1 cm³/mol. The number of hydrogen-bond donors (Lipinski definition) is 4. The van der Waals surface area contributed by atoms with Crippen molar-refractivity contribution < 1.29 is 29.3 Å². The largest absolute Gasteiger partial charge is 0.481 e. The van der Waals surface area contributed by atoms with Gasteiger partial charge < -0.3 is 25.6 Å². The number of alkyl carbamates (subject to hydrolysis) is 1. The van der Waals surface area contributed by atoms with Crippen LogP contribution in [-0.2, 0) is 14.3 Å². The molecule has 0 aromatic heterocycles. The van der Waals surface area contributed by atoms with Crippen molar-refractivity contribution >= 4 is 18.0 Å². The lowest BCUT2D eigenvalue weighted by Crippen LogP contribution is -2.46. The number of aliphatic carboxylic acids is 1. The summed E-state index contributed by atoms with van der Waals surface area (Å²) in [6, 6.07) is 0. The van der Waals surface area contributed by atoms with Crippen molar-refractivity contribution in [3.05, 3.63) is 0 Å². The maximum atomic E-state index is 11.4. The van der Waals surface area contributed by atoms with E-state index in [4.69, 9.17) is 9.84 Å². The SMILES string of the molecule is CC(O)(CNC(=O)CNC(=O)OC(C)(C)C)CC(=O)O. The minimum absolute atomic E-state index is 0.228. The first kappa shape index (κ1) is 18.2. The van der Waals surface area contributed by atoms with Crippen molar-refractivity contribution in [2.24, 2.45) is 0 Å². The lowest BCUT2D eigenvalue weighted by molar-refractivity contribution is -0.142. The van der Waals surface area contributed by atoms with Crippen LogP contribution >= 0.6 is 0 Å². The first-order chi connectivity index (χ1) is 8.91. The summed E-state index contributed by atoms with van der Waals surface area (Å²) in [6.45, 7) is 5.82. The van der Waals surface area contributed by atoms with E-state index in [2.05, 4.69) is 10.6 Å². The van der Waals surface area contributed by atoms with E-state index >= 15 is 0 Å². The number of hydrogen-bond acceptors (Lipinski definition) is 5. The van der Waals surface area contributed by atoms with Gasteiger partial charge in [0.05, 0.1) is 18.6 Å². The van der Waals surface area contributed by atoms with E-state index in [0.29, 0.717) is 0 Å². The summed E-state index contributed by atoms with van der Waals surface area (Å²) < 4.78 is 4.93. The van der Waals surface area contributed by atoms with E-state index in [0.717, 1.165) is 0 Å². The number of carbonyl (C=O) groups excluding carboxylic acids is 2. The van der Waals surface area contributed by atoms with E-state index in [1.54, 1.807) is 20.8 Å². The third kappa shape index (κ3) is 10.1. The van der Waals surface area contributed by atoms with E-state index in [1.807, 2.05) is 0 Å². The van der Waals surface area contributed by atoms with Crippen LogP contribution < -0.4 is 10.6 Å². The number of amides is 2. The highest BCUT2D eigenvalue weighted by molar-refractivity contribution is 5.82. The molecular weight excluding hydrogens is 268 g/mol. The van der Waals surface area contributed by atoms with Crippen molar-refractivity contribution in [2.45, 2.75) is 45.3 Å². The van der Waals surface area contributed by atoms with Gasteiger partial charge in [-0.25, -0.2) is 4.79 Å². The lowest BCUT2D eigenvalue weighted by Gasteiger charge is -2.22. The Balaban J connectivity index is 4.01. The smallest absolute Gasteiger partial charge is 0.408 e. The zero-order valence-electron chi connectivity index (χ0n) is 12.1. The molecule has 2 amide bonds. The van der Waals surface area contributed by atoms with Crippen LogP contribution in [0.4, 0.5) is 4.79 Å². The summed E-state index contributed by atoms with van der Waals surface area (Å²) in [5.74, 6) is -1.72. The number of carboxylic acids is 1. The maximum Gasteiger partial charge on any atom is 0.408 e. The van der Waals surface area contributed by atoms with E-state index < -0.39 is 35.6 Å². The fraction of sp³-hybridized carbons (Fsp3) is 0.750. The van der Waals surface area contributed by atoms with Crippen LogP contribution in [0.25, 0.3) is 0 Å². The number of carboxylic acid groups (broad SMARTS) is 1. The minimum Gasteiger partial charge on any atom is -0.481 e. The zero-order chi connectivity index (χ0) is 16.0. The molecule has 4 N–H and O–H groups in total. The molecule has 0 aromatic rings. The van der Waals surface area contributed by atoms with Gasteiger partial charge in [0.2, 0.25) is 5.91 Å². The number of carbonyl (C=O) groups is 3. The fourth-order valence-electron chi connectivity index (χ4n) is 1.21. The number of rotatable bonds is 6. The molecule has 0 heterocycles. The summed E-state index contributed by atoms with van der Waals surface area (Å²) in [7, 11) is 0. The molecule has 0 aliphatic heterocycles. The quantitative estimate of drug-likeness (QED) is 0.539. The molecule has 0 aromatic carbocycles. The van der Waals surface area contributed by atoms with E-state index in [-0.39, 0.29) is 13.1 Å². The molecule has 116 valence electrons. The Bertz CT molecular complexity index is 373. The normalized spacial score (nSPS) is 14.1. The Morgan fingerprint density at radius 2 is 1.65 bits per heavy atom. The van der Waals surface area contributed by atoms with Gasteiger partial charge in [0.1, 0.15) is 5.60 Å². The highest BCUT2D eigenvalue weighted by atomic mass is 16.6. The van der Waals surface area contributed by atoms with Crippen molar-refractivity contribution in [1.82, 2.24) is 10.6 Å². The first-order valence-electron chi connectivity index (χ1n) is 6.09. The summed E-state index contributed by atoms with van der Waals surface area (Å²) in [5, 5.41) is 22.8. The topological polar surface area (TPSA) is 125 Å². The van der Waals surface area contributed by atoms with Gasteiger partial charge in [-0.3, -0.25) is 9.59 Å². The Morgan fingerprint density at radius 1 is 1.10 bits per heavy atom. The molecule has 0 aliphatic carbocycles. The standard InChI is InChI=1S/C12H22N2O6/c1-11(2,3)20-10(18)13-6-8(15)14-7-12(4,19)5-9(16)17/h19H,5-7H2,1-4H3,(H,13,18)(H,14,15)(H,16,17). The second-order valence-electron chi connectivity index (χ2n) is 5.70. The summed E-state index contributed by atoms with van der Waals surface area (Å²) >= 11 is 0. The van der Waals surface area contributed by atoms with Crippen molar-refractivity contribution in [2.75, 3.05) is 13.1 Å². The Hall–Kier alpha value is -1.83. The van der Waals surface area contributed by atoms with Crippen LogP contribution in [0.5, 0.6) is 0 Å². The molecule has 0 aliphatic rings. The molecule has 0 spiro atoms. The number of nitrogens with one attached hydrogen (secondary N) is 2. The van der Waals surface area contributed by atoms with Gasteiger partial charge in [0.25, 0.3) is 0 Å². The van der Waals surface area contributed by atoms with Gasteiger partial charge in [-0.1, -0.05) is 0 Å². The second-order valence-corrected chi connectivity index (χ2v) is 5.70. The average molecular weight is 290 g/mol. The van der Waals surface area contributed by atoms with Gasteiger partial charge >= 0.3 is 12.1 Å². The predicted octanol–water partition coefficient (Wildman–Crippen LogP) is -0.147. The zero-order valence-corrected chi connectivity index (χ0v) is 12.1. The average Bonchev–Trinajstić information content (AvgIpc) is 2.19. The number of aliphatic hydroxyl groups is 1. The molecule has 0 bridgehead atoms. The highest BCUT2D eigenvalue weighted by Crippen LogP contribution is 2.07. The van der Waals surface area contributed by atoms with Crippen LogP contribution in [0, 0.1) is 0 Å². The molecule has 8 heteroatoms. The fourth-order valence-corrected chi connectivity index (χ4v) is 1.21. The summed E-state index contributed by atoms with van der Waals surface area (Å²) in [5.41, 5.74) is -2.21. The van der Waals surface area contributed by atoms with E-state index in [1.165, 1.54) is 6.92 Å². The van der Waals surface area contributed by atoms with Gasteiger partial charge in [-0.05, 0) is 27.7 Å². The Morgan fingerprint density at radius 3 is 2.10 bits per heavy atom. The molecule has 0 fully saturated rings. The minimum atomic E-state index is -1.55. The van der Waals surface area contributed by atoms with Gasteiger partial charge in [0, 0.05) is 6.54 Å². The van der Waals surface area contributed by atoms with Crippen LogP contribution in [-0.4, -0.2) is 52.5 Å². The van der Waals surface area contributed by atoms with Crippen molar-refractivity contribution in [3.63, 3.8) is 0 Å². The van der Waals surface area contributed by atoms with Gasteiger partial charge in [0.15, 0.2) is 0 Å². The summed E-state index contributed by atoms with van der Waals surface area (Å²) in [4.78, 5) is 33.1. The molecule has 20 heavy (non-hydrogen) atoms. The van der Waals surface area contributed by atoms with Crippen LogP contribution in [0.2, 0.25) is 0 Å². The first-order valence-corrected chi connectivity index (χ1v) is 6.09. The van der Waals surface area contributed by atoms with Crippen LogP contribution in [0.1, 0.15) is 34.1 Å². The van der Waals surface area contributed by atoms with Gasteiger partial charge in [-0.15, -0.1) is 0 Å². The van der Waals surface area contributed by atoms with Gasteiger partial charge in [-0.2, -0.15) is 0 Å². The molecule has 1 atom stereocenters. The molecular formula is C12H22N2O6. The van der Waals surface area contributed by atoms with Crippen LogP contribution in [0.3, 0.4) is 0 Å². The third-order valence-corrected chi connectivity index (χ3v) is 1.99. The molecule has 0 radical (unpaired) electrons. The maximum absolute atomic E-state index is 11.4. The molecule has 0 saturated heterocycles.